The molecule has 1 fully saturated rings. The van der Waals surface area contributed by atoms with E-state index in [1.807, 2.05) is 42.2 Å². The zero-order chi connectivity index (χ0) is 22.9. The first kappa shape index (κ1) is 23.6. The lowest BCUT2D eigenvalue weighted by atomic mass is 10.1. The van der Waals surface area contributed by atoms with Gasteiger partial charge in [0.15, 0.2) is 23.4 Å². The third kappa shape index (κ3) is 6.46. The Labute approximate surface area is 185 Å². The van der Waals surface area contributed by atoms with Gasteiger partial charge in [-0.1, -0.05) is 30.3 Å². The molecule has 0 radical (unpaired) electrons. The van der Waals surface area contributed by atoms with E-state index in [9.17, 15) is 18.0 Å². The van der Waals surface area contributed by atoms with Gasteiger partial charge in [-0.2, -0.15) is 0 Å². The van der Waals surface area contributed by atoms with Crippen LogP contribution in [0.5, 0.6) is 0 Å². The minimum Gasteiger partial charge on any atom is -0.376 e. The zero-order valence-electron chi connectivity index (χ0n) is 17.9. The minimum atomic E-state index is -1.63. The van der Waals surface area contributed by atoms with Crippen LogP contribution < -0.4 is 10.6 Å². The summed E-state index contributed by atoms with van der Waals surface area (Å²) in [4.78, 5) is 18.5. The van der Waals surface area contributed by atoms with E-state index in [0.717, 1.165) is 37.2 Å². The lowest BCUT2D eigenvalue weighted by Crippen LogP contribution is -2.40. The summed E-state index contributed by atoms with van der Waals surface area (Å²) in [5.41, 5.74) is 0.701. The highest BCUT2D eigenvalue weighted by Gasteiger charge is 2.25. The van der Waals surface area contributed by atoms with E-state index in [4.69, 9.17) is 4.74 Å². The predicted octanol–water partition coefficient (Wildman–Crippen LogP) is 3.55. The maximum Gasteiger partial charge on any atom is 0.246 e. The molecule has 1 unspecified atom stereocenters. The number of rotatable bonds is 8. The molecule has 3 rings (SSSR count). The lowest BCUT2D eigenvalue weighted by Gasteiger charge is -2.21. The van der Waals surface area contributed by atoms with E-state index in [2.05, 4.69) is 15.6 Å². The fraction of sp³-hybridized carbons (Fsp3) is 0.391. The maximum absolute atomic E-state index is 13.7. The smallest absolute Gasteiger partial charge is 0.246 e. The van der Waals surface area contributed by atoms with Crippen LogP contribution in [0.3, 0.4) is 0 Å². The predicted molar refractivity (Wildman–Crippen MR) is 117 cm³/mol. The highest BCUT2D eigenvalue weighted by molar-refractivity contribution is 5.94. The number of guanidine groups is 1. The normalized spacial score (nSPS) is 16.3. The summed E-state index contributed by atoms with van der Waals surface area (Å²) in [7, 11) is 0. The highest BCUT2D eigenvalue weighted by atomic mass is 19.2. The third-order valence-electron chi connectivity index (χ3n) is 5.07. The molecule has 0 aliphatic carbocycles. The van der Waals surface area contributed by atoms with Crippen LogP contribution in [0.4, 0.5) is 18.9 Å². The topological polar surface area (TPSA) is 66.0 Å². The van der Waals surface area contributed by atoms with Gasteiger partial charge in [-0.3, -0.25) is 4.79 Å². The SMILES string of the molecule is CCNC(=NCC(=O)Nc1ccc(F)c(F)c1F)N1CCC(COCc2ccccc2)C1. The van der Waals surface area contributed by atoms with E-state index < -0.39 is 29.0 Å². The van der Waals surface area contributed by atoms with Crippen molar-refractivity contribution in [3.05, 3.63) is 65.5 Å². The molecule has 6 nitrogen and oxygen atoms in total. The summed E-state index contributed by atoms with van der Waals surface area (Å²) >= 11 is 0. The van der Waals surface area contributed by atoms with Crippen molar-refractivity contribution in [3.63, 3.8) is 0 Å². The monoisotopic (exact) mass is 448 g/mol. The van der Waals surface area contributed by atoms with Gasteiger partial charge < -0.3 is 20.3 Å². The van der Waals surface area contributed by atoms with Gasteiger partial charge in [0.1, 0.15) is 6.54 Å². The Morgan fingerprint density at radius 2 is 1.94 bits per heavy atom. The minimum absolute atomic E-state index is 0.285. The molecule has 32 heavy (non-hydrogen) atoms. The quantitative estimate of drug-likeness (QED) is 0.368. The van der Waals surface area contributed by atoms with E-state index >= 15 is 0 Å². The van der Waals surface area contributed by atoms with Crippen LogP contribution in [0.15, 0.2) is 47.5 Å². The summed E-state index contributed by atoms with van der Waals surface area (Å²) in [5.74, 6) is -4.10. The number of hydrogen-bond acceptors (Lipinski definition) is 3. The Morgan fingerprint density at radius 3 is 2.69 bits per heavy atom. The van der Waals surface area contributed by atoms with Crippen molar-refractivity contribution in [3.8, 4) is 0 Å². The molecule has 0 spiro atoms. The second kappa shape index (κ2) is 11.5. The van der Waals surface area contributed by atoms with Gasteiger partial charge >= 0.3 is 0 Å². The number of amides is 1. The van der Waals surface area contributed by atoms with Gasteiger partial charge in [0.2, 0.25) is 5.91 Å². The summed E-state index contributed by atoms with van der Waals surface area (Å²) in [6.45, 7) is 4.94. The summed E-state index contributed by atoms with van der Waals surface area (Å²) in [6.07, 6.45) is 0.936. The van der Waals surface area contributed by atoms with Crippen LogP contribution in [-0.2, 0) is 16.1 Å². The average Bonchev–Trinajstić information content (AvgIpc) is 3.26. The molecule has 1 heterocycles. The average molecular weight is 448 g/mol. The second-order valence-corrected chi connectivity index (χ2v) is 7.54. The second-order valence-electron chi connectivity index (χ2n) is 7.54. The molecular formula is C23H27F3N4O2. The van der Waals surface area contributed by atoms with E-state index in [0.29, 0.717) is 31.6 Å². The fourth-order valence-electron chi connectivity index (χ4n) is 3.46. The molecule has 2 N–H and O–H groups in total. The Balaban J connectivity index is 1.51. The molecule has 0 aromatic heterocycles. The number of halogens is 3. The van der Waals surface area contributed by atoms with Crippen molar-refractivity contribution in [2.75, 3.05) is 38.1 Å². The molecule has 172 valence electrons. The number of benzene rings is 2. The van der Waals surface area contributed by atoms with Crippen LogP contribution in [0.2, 0.25) is 0 Å². The van der Waals surface area contributed by atoms with Crippen LogP contribution >= 0.6 is 0 Å². The standard InChI is InChI=1S/C23H27F3N4O2/c1-2-27-23(28-12-20(31)29-19-9-8-18(24)21(25)22(19)26)30-11-10-17(13-30)15-32-14-16-6-4-3-5-7-16/h3-9,17H,2,10-15H2,1H3,(H,27,28)(H,29,31). The van der Waals surface area contributed by atoms with Gasteiger partial charge in [-0.15, -0.1) is 0 Å². The molecule has 1 atom stereocenters. The number of anilines is 1. The molecule has 1 aliphatic rings. The number of likely N-dealkylation sites (tertiary alicyclic amines) is 1. The molecular weight excluding hydrogens is 421 g/mol. The van der Waals surface area contributed by atoms with E-state index in [-0.39, 0.29) is 6.54 Å². The molecule has 1 aliphatic heterocycles. The van der Waals surface area contributed by atoms with Gasteiger partial charge in [0.25, 0.3) is 0 Å². The van der Waals surface area contributed by atoms with Crippen LogP contribution in [0.25, 0.3) is 0 Å². The molecule has 9 heteroatoms. The Morgan fingerprint density at radius 1 is 1.16 bits per heavy atom. The summed E-state index contributed by atoms with van der Waals surface area (Å²) < 4.78 is 45.9. The van der Waals surface area contributed by atoms with Crippen molar-refractivity contribution in [2.24, 2.45) is 10.9 Å². The molecule has 0 bridgehead atoms. The van der Waals surface area contributed by atoms with E-state index in [1.165, 1.54) is 0 Å². The van der Waals surface area contributed by atoms with Crippen LogP contribution in [0, 0.1) is 23.4 Å². The Bertz CT molecular complexity index is 940. The molecule has 0 saturated carbocycles. The third-order valence-corrected chi connectivity index (χ3v) is 5.07. The summed E-state index contributed by atoms with van der Waals surface area (Å²) in [5, 5.41) is 5.37. The number of carbonyl (C=O) groups is 1. The fourth-order valence-corrected chi connectivity index (χ4v) is 3.46. The van der Waals surface area contributed by atoms with Gasteiger partial charge in [0.05, 0.1) is 18.9 Å². The molecule has 2 aromatic carbocycles. The van der Waals surface area contributed by atoms with Crippen LogP contribution in [0.1, 0.15) is 18.9 Å². The number of carbonyl (C=O) groups excluding carboxylic acids is 1. The number of nitrogens with zero attached hydrogens (tertiary/aromatic N) is 2. The molecule has 2 aromatic rings. The van der Waals surface area contributed by atoms with Crippen molar-refractivity contribution in [2.45, 2.75) is 20.0 Å². The lowest BCUT2D eigenvalue weighted by molar-refractivity contribution is -0.114. The maximum atomic E-state index is 13.7. The first-order chi connectivity index (χ1) is 15.5. The number of hydrogen-bond donors (Lipinski definition) is 2. The van der Waals surface area contributed by atoms with Crippen molar-refractivity contribution in [1.29, 1.82) is 0 Å². The highest BCUT2D eigenvalue weighted by Crippen LogP contribution is 2.20. The van der Waals surface area contributed by atoms with Crippen molar-refractivity contribution >= 4 is 17.6 Å². The molecule has 1 saturated heterocycles. The zero-order valence-corrected chi connectivity index (χ0v) is 17.9. The van der Waals surface area contributed by atoms with Crippen molar-refractivity contribution in [1.82, 2.24) is 10.2 Å². The van der Waals surface area contributed by atoms with Gasteiger partial charge in [0, 0.05) is 25.6 Å². The van der Waals surface area contributed by atoms with Gasteiger partial charge in [-0.25, -0.2) is 18.2 Å². The first-order valence-corrected chi connectivity index (χ1v) is 10.6. The van der Waals surface area contributed by atoms with Crippen LogP contribution in [-0.4, -0.2) is 49.6 Å². The number of aliphatic imine (C=N–C) groups is 1. The Hall–Kier alpha value is -3.07. The summed E-state index contributed by atoms with van der Waals surface area (Å²) in [6, 6.07) is 11.7. The van der Waals surface area contributed by atoms with Gasteiger partial charge in [-0.05, 0) is 31.0 Å². The van der Waals surface area contributed by atoms with Crippen molar-refractivity contribution < 1.29 is 22.7 Å². The van der Waals surface area contributed by atoms with E-state index in [1.54, 1.807) is 0 Å². The molecule has 1 amide bonds. The first-order valence-electron chi connectivity index (χ1n) is 10.6. The largest absolute Gasteiger partial charge is 0.376 e. The Kier molecular flexibility index (Phi) is 8.49. The number of ether oxygens (including phenoxy) is 1. The number of nitrogens with one attached hydrogen (secondary N) is 2.